The highest BCUT2D eigenvalue weighted by Crippen LogP contribution is 2.22. The van der Waals surface area contributed by atoms with Crippen molar-refractivity contribution < 1.29 is 12.8 Å². The summed E-state index contributed by atoms with van der Waals surface area (Å²) in [6, 6.07) is 14.5. The number of rotatable bonds is 5. The molecular weight excluding hydrogens is 444 g/mol. The molecule has 33 heavy (non-hydrogen) atoms. The molecule has 1 saturated heterocycles. The zero-order chi connectivity index (χ0) is 23.0. The van der Waals surface area contributed by atoms with Crippen LogP contribution in [0.1, 0.15) is 0 Å². The Balaban J connectivity index is 1.27. The number of oxazole rings is 1. The lowest BCUT2D eigenvalue weighted by atomic mass is 10.2. The summed E-state index contributed by atoms with van der Waals surface area (Å²) in [5, 5.41) is 0. The second-order valence-electron chi connectivity index (χ2n) is 7.74. The molecule has 170 valence electrons. The lowest BCUT2D eigenvalue weighted by Gasteiger charge is -2.36. The number of nitrogens with one attached hydrogen (secondary N) is 1. The Morgan fingerprint density at radius 2 is 1.61 bits per heavy atom. The number of benzene rings is 2. The Morgan fingerprint density at radius 3 is 2.30 bits per heavy atom. The van der Waals surface area contributed by atoms with Gasteiger partial charge in [0.2, 0.25) is 5.95 Å². The zero-order valence-electron chi connectivity index (χ0n) is 17.9. The Labute approximate surface area is 190 Å². The molecule has 4 aromatic rings. The highest BCUT2D eigenvalue weighted by molar-refractivity contribution is 7.92. The summed E-state index contributed by atoms with van der Waals surface area (Å²) in [5.74, 6) is 0.00146. The number of para-hydroxylation sites is 1. The third-order valence-corrected chi connectivity index (χ3v) is 7.03. The number of hydrogen-bond acceptors (Lipinski definition) is 8. The fraction of sp³-hybridized carbons (Fsp3) is 0.227. The number of piperazine rings is 1. The first-order valence-electron chi connectivity index (χ1n) is 10.4. The van der Waals surface area contributed by atoms with Crippen molar-refractivity contribution in [2.24, 2.45) is 7.05 Å². The summed E-state index contributed by atoms with van der Waals surface area (Å²) in [4.78, 5) is 24.8. The molecule has 0 amide bonds. The highest BCUT2D eigenvalue weighted by Gasteiger charge is 2.20. The van der Waals surface area contributed by atoms with E-state index in [1.165, 1.54) is 47.9 Å². The van der Waals surface area contributed by atoms with E-state index in [4.69, 9.17) is 4.42 Å². The number of nitrogens with zero attached hydrogens (tertiary/aromatic N) is 5. The molecule has 5 rings (SSSR count). The summed E-state index contributed by atoms with van der Waals surface area (Å²) in [7, 11) is -2.38. The Bertz CT molecular complexity index is 1440. The van der Waals surface area contributed by atoms with Crippen molar-refractivity contribution in [3.8, 4) is 0 Å². The van der Waals surface area contributed by atoms with Gasteiger partial charge in [0, 0.05) is 38.9 Å². The van der Waals surface area contributed by atoms with Crippen molar-refractivity contribution >= 4 is 38.4 Å². The van der Waals surface area contributed by atoms with Crippen LogP contribution in [0, 0.1) is 0 Å². The number of anilines is 3. The minimum Gasteiger partial charge on any atom is -0.408 e. The molecule has 2 aromatic carbocycles. The van der Waals surface area contributed by atoms with Gasteiger partial charge >= 0.3 is 5.76 Å². The van der Waals surface area contributed by atoms with Crippen LogP contribution < -0.4 is 20.3 Å². The number of fused-ring (bicyclic) bond motifs is 1. The second kappa shape index (κ2) is 8.24. The molecule has 0 radical (unpaired) electrons. The van der Waals surface area contributed by atoms with Crippen LogP contribution in [0.25, 0.3) is 11.1 Å². The van der Waals surface area contributed by atoms with Crippen LogP contribution in [-0.2, 0) is 17.1 Å². The number of hydrogen-bond donors (Lipinski definition) is 1. The van der Waals surface area contributed by atoms with Crippen LogP contribution in [0.4, 0.5) is 17.3 Å². The molecule has 11 heteroatoms. The van der Waals surface area contributed by atoms with E-state index in [9.17, 15) is 13.2 Å². The first-order chi connectivity index (χ1) is 15.9. The lowest BCUT2D eigenvalue weighted by molar-refractivity contribution is 0.528. The molecule has 0 atom stereocenters. The lowest BCUT2D eigenvalue weighted by Crippen LogP contribution is -2.47. The number of aryl methyl sites for hydroxylation is 1. The van der Waals surface area contributed by atoms with Gasteiger partial charge in [-0.1, -0.05) is 18.2 Å². The predicted molar refractivity (Wildman–Crippen MR) is 125 cm³/mol. The van der Waals surface area contributed by atoms with Crippen molar-refractivity contribution in [2.45, 2.75) is 4.90 Å². The third-order valence-electron chi connectivity index (χ3n) is 5.65. The summed E-state index contributed by atoms with van der Waals surface area (Å²) < 4.78 is 34.4. The number of aromatic nitrogens is 3. The first-order valence-corrected chi connectivity index (χ1v) is 11.9. The average Bonchev–Trinajstić information content (AvgIpc) is 3.13. The maximum atomic E-state index is 12.8. The van der Waals surface area contributed by atoms with Gasteiger partial charge in [-0.3, -0.25) is 9.29 Å². The topological polar surface area (TPSA) is 114 Å². The van der Waals surface area contributed by atoms with Crippen LogP contribution >= 0.6 is 0 Å². The molecule has 0 aliphatic carbocycles. The summed E-state index contributed by atoms with van der Waals surface area (Å²) in [6.07, 6.45) is 2.91. The molecule has 3 heterocycles. The normalized spacial score (nSPS) is 14.6. The first kappa shape index (κ1) is 21.0. The van der Waals surface area contributed by atoms with Crippen LogP contribution in [0.3, 0.4) is 0 Å². The quantitative estimate of drug-likeness (QED) is 0.475. The smallest absolute Gasteiger partial charge is 0.408 e. The van der Waals surface area contributed by atoms with Gasteiger partial charge in [0.05, 0.1) is 28.5 Å². The molecule has 1 aliphatic rings. The number of sulfonamides is 1. The van der Waals surface area contributed by atoms with Gasteiger partial charge in [-0.15, -0.1) is 0 Å². The van der Waals surface area contributed by atoms with Gasteiger partial charge in [-0.2, -0.15) is 0 Å². The summed E-state index contributed by atoms with van der Waals surface area (Å²) in [5.41, 5.74) is 2.16. The van der Waals surface area contributed by atoms with Crippen molar-refractivity contribution in [3.05, 3.63) is 71.5 Å². The van der Waals surface area contributed by atoms with Crippen LogP contribution in [0.2, 0.25) is 0 Å². The van der Waals surface area contributed by atoms with E-state index in [0.717, 1.165) is 26.2 Å². The Morgan fingerprint density at radius 1 is 0.939 bits per heavy atom. The van der Waals surface area contributed by atoms with Gasteiger partial charge < -0.3 is 14.2 Å². The van der Waals surface area contributed by atoms with Crippen molar-refractivity contribution in [2.75, 3.05) is 40.7 Å². The third kappa shape index (κ3) is 4.14. The predicted octanol–water partition coefficient (Wildman–Crippen LogP) is 2.05. The van der Waals surface area contributed by atoms with Gasteiger partial charge in [-0.05, 0) is 30.3 Å². The molecule has 1 N–H and O–H groups in total. The highest BCUT2D eigenvalue weighted by atomic mass is 32.2. The van der Waals surface area contributed by atoms with E-state index in [1.54, 1.807) is 0 Å². The van der Waals surface area contributed by atoms with Crippen LogP contribution in [0.5, 0.6) is 0 Å². The van der Waals surface area contributed by atoms with E-state index in [1.807, 2.05) is 18.2 Å². The van der Waals surface area contributed by atoms with Gasteiger partial charge in [-0.25, -0.2) is 23.2 Å². The average molecular weight is 467 g/mol. The largest absolute Gasteiger partial charge is 0.419 e. The molecular formula is C22H22N6O4S. The van der Waals surface area contributed by atoms with E-state index >= 15 is 0 Å². The second-order valence-corrected chi connectivity index (χ2v) is 9.43. The fourth-order valence-corrected chi connectivity index (χ4v) is 4.88. The summed E-state index contributed by atoms with van der Waals surface area (Å²) in [6.45, 7) is 3.23. The maximum absolute atomic E-state index is 12.8. The summed E-state index contributed by atoms with van der Waals surface area (Å²) >= 11 is 0. The molecule has 0 spiro atoms. The maximum Gasteiger partial charge on any atom is 0.419 e. The fourth-order valence-electron chi connectivity index (χ4n) is 3.83. The van der Waals surface area contributed by atoms with Crippen molar-refractivity contribution in [1.82, 2.24) is 14.5 Å². The van der Waals surface area contributed by atoms with Gasteiger partial charge in [0.1, 0.15) is 0 Å². The van der Waals surface area contributed by atoms with E-state index in [-0.39, 0.29) is 10.6 Å². The van der Waals surface area contributed by atoms with E-state index in [0.29, 0.717) is 17.0 Å². The SMILES string of the molecule is Cn1c(=O)oc2ccc(S(=O)(=O)Nc3cnc(N4CCN(c5ccccc5)CC4)nc3)cc21. The zero-order valence-corrected chi connectivity index (χ0v) is 18.7. The van der Waals surface area contributed by atoms with Gasteiger partial charge in [0.15, 0.2) is 5.58 Å². The molecule has 0 unspecified atom stereocenters. The van der Waals surface area contributed by atoms with E-state index < -0.39 is 15.8 Å². The Hall–Kier alpha value is -3.86. The molecule has 1 fully saturated rings. The molecule has 0 bridgehead atoms. The van der Waals surface area contributed by atoms with Crippen molar-refractivity contribution in [1.29, 1.82) is 0 Å². The molecule has 10 nitrogen and oxygen atoms in total. The van der Waals surface area contributed by atoms with Crippen LogP contribution in [-0.4, -0.2) is 49.1 Å². The molecule has 2 aromatic heterocycles. The van der Waals surface area contributed by atoms with E-state index in [2.05, 4.69) is 36.6 Å². The minimum absolute atomic E-state index is 0.00695. The van der Waals surface area contributed by atoms with Crippen LogP contribution in [0.15, 0.2) is 75.0 Å². The Kier molecular flexibility index (Phi) is 5.25. The molecule has 0 saturated carbocycles. The van der Waals surface area contributed by atoms with Gasteiger partial charge in [0.25, 0.3) is 10.0 Å². The minimum atomic E-state index is -3.90. The van der Waals surface area contributed by atoms with Crippen molar-refractivity contribution in [3.63, 3.8) is 0 Å². The standard InChI is InChI=1S/C22H22N6O4S/c1-26-19-13-18(7-8-20(19)32-22(26)29)33(30,31)25-16-14-23-21(24-15-16)28-11-9-27(10-12-28)17-5-3-2-4-6-17/h2-8,13-15,25H,9-12H2,1H3. The molecule has 1 aliphatic heterocycles. The monoisotopic (exact) mass is 466 g/mol.